The van der Waals surface area contributed by atoms with E-state index in [1.165, 1.54) is 11.1 Å². The first kappa shape index (κ1) is 19.8. The summed E-state index contributed by atoms with van der Waals surface area (Å²) < 4.78 is 0. The van der Waals surface area contributed by atoms with E-state index in [1.807, 2.05) is 42.5 Å². The number of likely N-dealkylation sites (tertiary alicyclic amines) is 2. The van der Waals surface area contributed by atoms with E-state index in [0.717, 1.165) is 43.2 Å². The van der Waals surface area contributed by atoms with E-state index >= 15 is 0 Å². The molecule has 5 rings (SSSR count). The van der Waals surface area contributed by atoms with Crippen LogP contribution in [0.1, 0.15) is 33.8 Å². The lowest BCUT2D eigenvalue weighted by Gasteiger charge is -2.39. The number of carbonyl (C=O) groups excluding carboxylic acids is 1. The van der Waals surface area contributed by atoms with Gasteiger partial charge in [-0.25, -0.2) is 0 Å². The van der Waals surface area contributed by atoms with Crippen LogP contribution in [0.4, 0.5) is 0 Å². The molecule has 3 nitrogen and oxygen atoms in total. The first-order chi connectivity index (χ1) is 14.7. The van der Waals surface area contributed by atoms with Crippen LogP contribution < -0.4 is 0 Å². The summed E-state index contributed by atoms with van der Waals surface area (Å²) in [5.74, 6) is 1.05. The van der Waals surface area contributed by atoms with Gasteiger partial charge in [-0.05, 0) is 58.6 Å². The predicted molar refractivity (Wildman–Crippen MR) is 123 cm³/mol. The minimum Gasteiger partial charge on any atom is -0.335 e. The van der Waals surface area contributed by atoms with E-state index in [9.17, 15) is 4.79 Å². The number of halogens is 1. The molecule has 2 aromatic carbocycles. The second-order valence-corrected chi connectivity index (χ2v) is 9.58. The van der Waals surface area contributed by atoms with Crippen LogP contribution in [0.2, 0.25) is 5.02 Å². The highest BCUT2D eigenvalue weighted by Crippen LogP contribution is 2.42. The van der Waals surface area contributed by atoms with Crippen molar-refractivity contribution in [2.75, 3.05) is 19.6 Å². The summed E-state index contributed by atoms with van der Waals surface area (Å²) in [6.07, 6.45) is 1.03. The third-order valence-electron chi connectivity index (χ3n) is 6.59. The predicted octanol–water partition coefficient (Wildman–Crippen LogP) is 5.53. The second-order valence-electron chi connectivity index (χ2n) is 8.37. The Morgan fingerprint density at radius 3 is 2.57 bits per heavy atom. The van der Waals surface area contributed by atoms with Crippen LogP contribution in [-0.4, -0.2) is 41.4 Å². The number of piperidine rings is 1. The zero-order valence-corrected chi connectivity index (χ0v) is 18.4. The lowest BCUT2D eigenvalue weighted by Crippen LogP contribution is -2.47. The fourth-order valence-corrected chi connectivity index (χ4v) is 5.97. The Labute approximate surface area is 186 Å². The Morgan fingerprint density at radius 1 is 1.03 bits per heavy atom. The molecule has 3 heterocycles. The summed E-state index contributed by atoms with van der Waals surface area (Å²) in [6.45, 7) is 3.78. The number of benzene rings is 2. The molecule has 3 aromatic rings. The van der Waals surface area contributed by atoms with Gasteiger partial charge in [-0.3, -0.25) is 9.69 Å². The standard InChI is InChI=1S/C25H25ClN2OS/c26-21-8-6-18(7-9-21)14-27-12-10-24-23(15-27)22(20-11-13-30-17-20)16-28(24)25(29)19-4-2-1-3-5-19/h1-9,11,13,17,22-24H,10,12,14-16H2/t22-,23-,24-/m0/s1. The van der Waals surface area contributed by atoms with Crippen molar-refractivity contribution in [2.24, 2.45) is 5.92 Å². The van der Waals surface area contributed by atoms with Gasteiger partial charge >= 0.3 is 0 Å². The molecule has 5 heteroatoms. The van der Waals surface area contributed by atoms with Crippen molar-refractivity contribution in [2.45, 2.75) is 24.9 Å². The van der Waals surface area contributed by atoms with Crippen molar-refractivity contribution in [3.8, 4) is 0 Å². The van der Waals surface area contributed by atoms with Crippen LogP contribution in [0.3, 0.4) is 0 Å². The fourth-order valence-electron chi connectivity index (χ4n) is 5.12. The highest BCUT2D eigenvalue weighted by atomic mass is 35.5. The van der Waals surface area contributed by atoms with E-state index in [4.69, 9.17) is 11.6 Å². The number of hydrogen-bond acceptors (Lipinski definition) is 3. The minimum atomic E-state index is 0.175. The van der Waals surface area contributed by atoms with Crippen molar-refractivity contribution < 1.29 is 4.79 Å². The van der Waals surface area contributed by atoms with Crippen molar-refractivity contribution in [1.82, 2.24) is 9.80 Å². The summed E-state index contributed by atoms with van der Waals surface area (Å²) in [6, 6.07) is 20.4. The topological polar surface area (TPSA) is 23.6 Å². The van der Waals surface area contributed by atoms with Gasteiger partial charge in [0.2, 0.25) is 0 Å². The fraction of sp³-hybridized carbons (Fsp3) is 0.320. The average molecular weight is 437 g/mol. The highest BCUT2D eigenvalue weighted by Gasteiger charge is 2.47. The molecular formula is C25H25ClN2OS. The maximum Gasteiger partial charge on any atom is 0.254 e. The third kappa shape index (κ3) is 3.92. The molecule has 2 aliphatic rings. The lowest BCUT2D eigenvalue weighted by atomic mass is 9.82. The molecule has 0 unspecified atom stereocenters. The van der Waals surface area contributed by atoms with Gasteiger partial charge in [-0.2, -0.15) is 11.3 Å². The average Bonchev–Trinajstić information content (AvgIpc) is 3.43. The molecule has 1 amide bonds. The Hall–Kier alpha value is -2.14. The van der Waals surface area contributed by atoms with Gasteiger partial charge in [0.05, 0.1) is 0 Å². The van der Waals surface area contributed by atoms with E-state index in [2.05, 4.69) is 38.8 Å². The smallest absolute Gasteiger partial charge is 0.254 e. The van der Waals surface area contributed by atoms with Crippen LogP contribution in [0.15, 0.2) is 71.4 Å². The summed E-state index contributed by atoms with van der Waals surface area (Å²) in [7, 11) is 0. The number of amides is 1. The maximum atomic E-state index is 13.3. The molecule has 0 aliphatic carbocycles. The zero-order chi connectivity index (χ0) is 20.5. The number of rotatable bonds is 4. The van der Waals surface area contributed by atoms with Crippen LogP contribution >= 0.6 is 22.9 Å². The maximum absolute atomic E-state index is 13.3. The normalized spacial score (nSPS) is 24.0. The van der Waals surface area contributed by atoms with Gasteiger partial charge in [0.25, 0.3) is 5.91 Å². The SMILES string of the molecule is O=C(c1ccccc1)N1C[C@@H](c2ccsc2)[C@@H]2CN(Cc3ccc(Cl)cc3)CC[C@@H]21. The van der Waals surface area contributed by atoms with Crippen LogP contribution in [-0.2, 0) is 6.54 Å². The molecule has 2 saturated heterocycles. The van der Waals surface area contributed by atoms with Crippen LogP contribution in [0.25, 0.3) is 0 Å². The molecule has 154 valence electrons. The molecule has 0 saturated carbocycles. The van der Waals surface area contributed by atoms with E-state index < -0.39 is 0 Å². The third-order valence-corrected chi connectivity index (χ3v) is 7.54. The monoisotopic (exact) mass is 436 g/mol. The zero-order valence-electron chi connectivity index (χ0n) is 16.8. The molecule has 0 spiro atoms. The van der Waals surface area contributed by atoms with Gasteiger partial charge in [0.1, 0.15) is 0 Å². The van der Waals surface area contributed by atoms with Gasteiger partial charge in [-0.1, -0.05) is 41.9 Å². The Bertz CT molecular complexity index is 990. The number of carbonyl (C=O) groups is 1. The Morgan fingerprint density at radius 2 is 1.83 bits per heavy atom. The molecule has 2 fully saturated rings. The molecule has 1 aromatic heterocycles. The van der Waals surface area contributed by atoms with E-state index in [1.54, 1.807) is 11.3 Å². The number of thiophene rings is 1. The minimum absolute atomic E-state index is 0.175. The summed E-state index contributed by atoms with van der Waals surface area (Å²) in [5, 5.41) is 5.19. The molecule has 30 heavy (non-hydrogen) atoms. The van der Waals surface area contributed by atoms with Gasteiger partial charge in [0, 0.05) is 54.6 Å². The van der Waals surface area contributed by atoms with E-state index in [0.29, 0.717) is 17.9 Å². The van der Waals surface area contributed by atoms with Crippen LogP contribution in [0.5, 0.6) is 0 Å². The number of hydrogen-bond donors (Lipinski definition) is 0. The molecule has 0 bridgehead atoms. The summed E-state index contributed by atoms with van der Waals surface area (Å²) in [4.78, 5) is 18.0. The second kappa shape index (κ2) is 8.54. The Balaban J connectivity index is 1.38. The number of nitrogens with zero attached hydrogens (tertiary/aromatic N) is 2. The molecule has 2 aliphatic heterocycles. The molecule has 3 atom stereocenters. The van der Waals surface area contributed by atoms with Crippen molar-refractivity contribution in [3.63, 3.8) is 0 Å². The largest absolute Gasteiger partial charge is 0.335 e. The molecular weight excluding hydrogens is 412 g/mol. The molecule has 0 radical (unpaired) electrons. The van der Waals surface area contributed by atoms with E-state index in [-0.39, 0.29) is 5.91 Å². The number of fused-ring (bicyclic) bond motifs is 1. The first-order valence-corrected chi connectivity index (χ1v) is 11.9. The lowest BCUT2D eigenvalue weighted by molar-refractivity contribution is 0.0614. The quantitative estimate of drug-likeness (QED) is 0.536. The van der Waals surface area contributed by atoms with Gasteiger partial charge in [-0.15, -0.1) is 0 Å². The van der Waals surface area contributed by atoms with Crippen molar-refractivity contribution in [3.05, 3.63) is 93.1 Å². The van der Waals surface area contributed by atoms with Crippen molar-refractivity contribution >= 4 is 28.8 Å². The highest BCUT2D eigenvalue weighted by molar-refractivity contribution is 7.08. The first-order valence-electron chi connectivity index (χ1n) is 10.5. The Kier molecular flexibility index (Phi) is 5.64. The van der Waals surface area contributed by atoms with Gasteiger partial charge < -0.3 is 4.90 Å². The van der Waals surface area contributed by atoms with Gasteiger partial charge in [0.15, 0.2) is 0 Å². The van der Waals surface area contributed by atoms with Crippen molar-refractivity contribution in [1.29, 1.82) is 0 Å². The molecule has 0 N–H and O–H groups in total. The summed E-state index contributed by atoms with van der Waals surface area (Å²) in [5.41, 5.74) is 3.47. The summed E-state index contributed by atoms with van der Waals surface area (Å²) >= 11 is 7.80. The van der Waals surface area contributed by atoms with Crippen LogP contribution in [0, 0.1) is 5.92 Å².